The maximum absolute atomic E-state index is 13.1. The van der Waals surface area contributed by atoms with Crippen LogP contribution in [0.15, 0.2) is 47.6 Å². The van der Waals surface area contributed by atoms with E-state index in [4.69, 9.17) is 23.2 Å². The lowest BCUT2D eigenvalue weighted by molar-refractivity contribution is 0.579. The molecule has 0 spiro atoms. The monoisotopic (exact) mass is 373 g/mol. The first-order valence-electron chi connectivity index (χ1n) is 6.43. The van der Waals surface area contributed by atoms with Crippen molar-refractivity contribution in [2.75, 3.05) is 0 Å². The molecule has 1 N–H and O–H groups in total. The third kappa shape index (κ3) is 3.48. The Morgan fingerprint density at radius 1 is 1.17 bits per heavy atom. The molecule has 1 aromatic carbocycles. The molecule has 0 fully saturated rings. The van der Waals surface area contributed by atoms with E-state index in [1.54, 1.807) is 28.9 Å². The minimum absolute atomic E-state index is 0.0172. The Hall–Kier alpha value is -1.67. The summed E-state index contributed by atoms with van der Waals surface area (Å²) in [7, 11) is -3.82. The van der Waals surface area contributed by atoms with Crippen LogP contribution in [0.4, 0.5) is 4.39 Å². The van der Waals surface area contributed by atoms with E-state index in [2.05, 4.69) is 9.71 Å². The van der Waals surface area contributed by atoms with Crippen molar-refractivity contribution >= 4 is 38.9 Å². The zero-order valence-corrected chi connectivity index (χ0v) is 13.8. The highest BCUT2D eigenvalue weighted by molar-refractivity contribution is 7.89. The van der Waals surface area contributed by atoms with Gasteiger partial charge in [0, 0.05) is 12.4 Å². The van der Waals surface area contributed by atoms with Gasteiger partial charge >= 0.3 is 0 Å². The normalized spacial score (nSPS) is 12.0. The molecule has 0 amide bonds. The van der Waals surface area contributed by atoms with Gasteiger partial charge in [0.2, 0.25) is 10.0 Å². The maximum Gasteiger partial charge on any atom is 0.240 e. The molecule has 3 aromatic rings. The SMILES string of the molecule is O=S(=O)(NCc1cn2cc(Cl)ccc2n1)c1ccc(F)c(Cl)c1. The van der Waals surface area contributed by atoms with Crippen molar-refractivity contribution in [2.45, 2.75) is 11.4 Å². The number of imidazole rings is 1. The number of rotatable bonds is 4. The number of pyridine rings is 1. The summed E-state index contributed by atoms with van der Waals surface area (Å²) in [5.74, 6) is -0.678. The quantitative estimate of drug-likeness (QED) is 0.763. The van der Waals surface area contributed by atoms with E-state index < -0.39 is 15.8 Å². The number of hydrogen-bond donors (Lipinski definition) is 1. The lowest BCUT2D eigenvalue weighted by Gasteiger charge is -2.06. The molecule has 0 aliphatic heterocycles. The predicted octanol–water partition coefficient (Wildman–Crippen LogP) is 3.26. The minimum Gasteiger partial charge on any atom is -0.305 e. The first kappa shape index (κ1) is 16.2. The van der Waals surface area contributed by atoms with Gasteiger partial charge in [-0.3, -0.25) is 0 Å². The minimum atomic E-state index is -3.82. The van der Waals surface area contributed by atoms with Crippen LogP contribution in [-0.2, 0) is 16.6 Å². The third-order valence-electron chi connectivity index (χ3n) is 3.11. The molecule has 0 saturated carbocycles. The van der Waals surface area contributed by atoms with Gasteiger partial charge in [-0.15, -0.1) is 0 Å². The second-order valence-corrected chi connectivity index (χ2v) is 7.36. The fourth-order valence-electron chi connectivity index (χ4n) is 2.00. The number of fused-ring (bicyclic) bond motifs is 1. The Kier molecular flexibility index (Phi) is 4.29. The lowest BCUT2D eigenvalue weighted by Crippen LogP contribution is -2.23. The van der Waals surface area contributed by atoms with E-state index in [9.17, 15) is 12.8 Å². The Labute approximate surface area is 141 Å². The van der Waals surface area contributed by atoms with Crippen LogP contribution in [0.25, 0.3) is 5.65 Å². The molecule has 0 aliphatic rings. The van der Waals surface area contributed by atoms with Gasteiger partial charge in [0.05, 0.1) is 27.2 Å². The second kappa shape index (κ2) is 6.09. The summed E-state index contributed by atoms with van der Waals surface area (Å²) in [6, 6.07) is 6.62. The molecule has 0 radical (unpaired) electrons. The molecule has 23 heavy (non-hydrogen) atoms. The fraction of sp³-hybridized carbons (Fsp3) is 0.0714. The molecule has 2 aromatic heterocycles. The average Bonchev–Trinajstić information content (AvgIpc) is 2.90. The lowest BCUT2D eigenvalue weighted by atomic mass is 10.3. The summed E-state index contributed by atoms with van der Waals surface area (Å²) in [5, 5.41) is 0.290. The molecule has 0 bridgehead atoms. The van der Waals surface area contributed by atoms with E-state index in [1.807, 2.05) is 0 Å². The number of nitrogens with zero attached hydrogens (tertiary/aromatic N) is 2. The van der Waals surface area contributed by atoms with Crippen molar-refractivity contribution < 1.29 is 12.8 Å². The van der Waals surface area contributed by atoms with E-state index in [1.165, 1.54) is 0 Å². The molecule has 9 heteroatoms. The van der Waals surface area contributed by atoms with Crippen molar-refractivity contribution in [1.82, 2.24) is 14.1 Å². The van der Waals surface area contributed by atoms with Gasteiger partial charge in [-0.1, -0.05) is 23.2 Å². The van der Waals surface area contributed by atoms with E-state index >= 15 is 0 Å². The van der Waals surface area contributed by atoms with Crippen LogP contribution < -0.4 is 4.72 Å². The van der Waals surface area contributed by atoms with Crippen molar-refractivity contribution in [3.63, 3.8) is 0 Å². The van der Waals surface area contributed by atoms with Crippen LogP contribution in [-0.4, -0.2) is 17.8 Å². The summed E-state index contributed by atoms with van der Waals surface area (Å²) in [6.07, 6.45) is 3.34. The van der Waals surface area contributed by atoms with Crippen molar-refractivity contribution in [3.8, 4) is 0 Å². The Morgan fingerprint density at radius 2 is 1.96 bits per heavy atom. The summed E-state index contributed by atoms with van der Waals surface area (Å²) < 4.78 is 41.6. The molecular formula is C14H10Cl2FN3O2S. The van der Waals surface area contributed by atoms with Crippen LogP contribution in [0.5, 0.6) is 0 Å². The number of nitrogens with one attached hydrogen (secondary N) is 1. The zero-order chi connectivity index (χ0) is 16.6. The largest absolute Gasteiger partial charge is 0.305 e. The first-order valence-corrected chi connectivity index (χ1v) is 8.67. The summed E-state index contributed by atoms with van der Waals surface area (Å²) in [5.41, 5.74) is 1.16. The molecule has 5 nitrogen and oxygen atoms in total. The van der Waals surface area contributed by atoms with Crippen LogP contribution in [0.2, 0.25) is 10.0 Å². The molecule has 120 valence electrons. The van der Waals surface area contributed by atoms with Crippen LogP contribution in [0, 0.1) is 5.82 Å². The molecular weight excluding hydrogens is 364 g/mol. The van der Waals surface area contributed by atoms with E-state index in [-0.39, 0.29) is 16.5 Å². The fourth-order valence-corrected chi connectivity index (χ4v) is 3.44. The average molecular weight is 374 g/mol. The van der Waals surface area contributed by atoms with Crippen molar-refractivity contribution in [2.24, 2.45) is 0 Å². The summed E-state index contributed by atoms with van der Waals surface area (Å²) in [4.78, 5) is 4.16. The van der Waals surface area contributed by atoms with Gasteiger partial charge in [0.15, 0.2) is 0 Å². The number of aromatic nitrogens is 2. The Bertz CT molecular complexity index is 989. The smallest absolute Gasteiger partial charge is 0.240 e. The van der Waals surface area contributed by atoms with Gasteiger partial charge < -0.3 is 4.40 Å². The number of hydrogen-bond acceptors (Lipinski definition) is 3. The first-order chi connectivity index (χ1) is 10.8. The zero-order valence-electron chi connectivity index (χ0n) is 11.5. The van der Waals surface area contributed by atoms with Crippen LogP contribution >= 0.6 is 23.2 Å². The van der Waals surface area contributed by atoms with Gasteiger partial charge in [0.1, 0.15) is 11.5 Å². The number of sulfonamides is 1. The highest BCUT2D eigenvalue weighted by Gasteiger charge is 2.16. The maximum atomic E-state index is 13.1. The van der Waals surface area contributed by atoms with Crippen molar-refractivity contribution in [3.05, 3.63) is 64.3 Å². The van der Waals surface area contributed by atoms with E-state index in [0.717, 1.165) is 18.2 Å². The van der Waals surface area contributed by atoms with Gasteiger partial charge in [-0.2, -0.15) is 0 Å². The molecule has 3 rings (SSSR count). The molecule has 2 heterocycles. The standard InChI is InChI=1S/C14H10Cl2FN3O2S/c15-9-1-4-14-19-10(8-20(14)7-9)6-18-23(21,22)11-2-3-13(17)12(16)5-11/h1-5,7-8,18H,6H2. The molecule has 0 aliphatic carbocycles. The van der Waals surface area contributed by atoms with Crippen LogP contribution in [0.3, 0.4) is 0 Å². The number of halogens is 3. The van der Waals surface area contributed by atoms with Crippen LogP contribution in [0.1, 0.15) is 5.69 Å². The third-order valence-corrected chi connectivity index (χ3v) is 5.02. The molecule has 0 atom stereocenters. The second-order valence-electron chi connectivity index (χ2n) is 4.75. The molecule has 0 unspecified atom stereocenters. The predicted molar refractivity (Wildman–Crippen MR) is 85.6 cm³/mol. The topological polar surface area (TPSA) is 63.5 Å². The summed E-state index contributed by atoms with van der Waals surface area (Å²) in [6.45, 7) is -0.0172. The van der Waals surface area contributed by atoms with Gasteiger partial charge in [-0.25, -0.2) is 22.5 Å². The highest BCUT2D eigenvalue weighted by atomic mass is 35.5. The Morgan fingerprint density at radius 3 is 2.70 bits per heavy atom. The molecule has 0 saturated heterocycles. The van der Waals surface area contributed by atoms with E-state index in [0.29, 0.717) is 16.4 Å². The summed E-state index contributed by atoms with van der Waals surface area (Å²) >= 11 is 11.5. The Balaban J connectivity index is 1.81. The highest BCUT2D eigenvalue weighted by Crippen LogP contribution is 2.19. The number of benzene rings is 1. The van der Waals surface area contributed by atoms with Crippen molar-refractivity contribution in [1.29, 1.82) is 0 Å². The van der Waals surface area contributed by atoms with Gasteiger partial charge in [0.25, 0.3) is 0 Å². The van der Waals surface area contributed by atoms with Gasteiger partial charge in [-0.05, 0) is 30.3 Å².